The maximum atomic E-state index is 12.5. The minimum Gasteiger partial charge on any atom is -0.445 e. The number of ether oxygens (including phenoxy) is 1. The van der Waals surface area contributed by atoms with Gasteiger partial charge in [0.2, 0.25) is 5.28 Å². The zero-order valence-corrected chi connectivity index (χ0v) is 14.8. The van der Waals surface area contributed by atoms with Crippen LogP contribution >= 0.6 is 23.2 Å². The highest BCUT2D eigenvalue weighted by Gasteiger charge is 2.27. The van der Waals surface area contributed by atoms with Gasteiger partial charge in [0.15, 0.2) is 17.0 Å². The summed E-state index contributed by atoms with van der Waals surface area (Å²) in [5.41, 5.74) is 1.06. The summed E-state index contributed by atoms with van der Waals surface area (Å²) in [7, 11) is 0. The lowest BCUT2D eigenvalue weighted by atomic mass is 10.1. The number of hydrogen-bond acceptors (Lipinski definition) is 3. The second-order valence-electron chi connectivity index (χ2n) is 5.02. The molecule has 2 atom stereocenters. The third-order valence-corrected chi connectivity index (χ3v) is 3.89. The number of benzene rings is 1. The van der Waals surface area contributed by atoms with Crippen LogP contribution in [0.1, 0.15) is 35.9 Å². The van der Waals surface area contributed by atoms with Crippen LogP contribution in [0.25, 0.3) is 0 Å². The van der Waals surface area contributed by atoms with Crippen molar-refractivity contribution in [2.75, 3.05) is 0 Å². The maximum absolute atomic E-state index is 12.5. The van der Waals surface area contributed by atoms with Crippen LogP contribution in [0.2, 0.25) is 10.4 Å². The summed E-state index contributed by atoms with van der Waals surface area (Å²) < 4.78 is 6.85. The average Bonchev–Trinajstić information content (AvgIpc) is 2.87. The molecular formula is C18H16Cl2N2O2. The Labute approximate surface area is 151 Å². The van der Waals surface area contributed by atoms with Gasteiger partial charge in [0, 0.05) is 0 Å². The predicted octanol–water partition coefficient (Wildman–Crippen LogP) is 4.53. The van der Waals surface area contributed by atoms with Gasteiger partial charge in [0.25, 0.3) is 0 Å². The van der Waals surface area contributed by atoms with Gasteiger partial charge in [0.05, 0.1) is 6.04 Å². The van der Waals surface area contributed by atoms with Crippen molar-refractivity contribution in [1.29, 1.82) is 0 Å². The average molecular weight is 363 g/mol. The van der Waals surface area contributed by atoms with Crippen LogP contribution in [0.5, 0.6) is 0 Å². The van der Waals surface area contributed by atoms with Crippen molar-refractivity contribution in [2.24, 2.45) is 0 Å². The summed E-state index contributed by atoms with van der Waals surface area (Å²) in [4.78, 5) is 16.5. The fraction of sp³-hybridized carbons (Fsp3) is 0.222. The molecule has 0 bridgehead atoms. The molecule has 0 aliphatic carbocycles. The molecule has 0 saturated heterocycles. The zero-order valence-electron chi connectivity index (χ0n) is 13.3. The first-order valence-electron chi connectivity index (χ1n) is 7.26. The van der Waals surface area contributed by atoms with Gasteiger partial charge in [-0.05, 0) is 37.1 Å². The predicted molar refractivity (Wildman–Crippen MR) is 95.4 cm³/mol. The van der Waals surface area contributed by atoms with Gasteiger partial charge in [-0.15, -0.1) is 0 Å². The van der Waals surface area contributed by atoms with E-state index in [0.717, 1.165) is 5.56 Å². The molecule has 0 fully saturated rings. The number of nitrogens with zero attached hydrogens (tertiary/aromatic N) is 2. The van der Waals surface area contributed by atoms with Gasteiger partial charge in [-0.3, -0.25) is 0 Å². The number of hydrogen-bond donors (Lipinski definition) is 0. The lowest BCUT2D eigenvalue weighted by Crippen LogP contribution is -2.20. The van der Waals surface area contributed by atoms with E-state index in [1.165, 1.54) is 6.08 Å². The van der Waals surface area contributed by atoms with E-state index in [2.05, 4.69) is 23.4 Å². The largest absolute Gasteiger partial charge is 0.445 e. The van der Waals surface area contributed by atoms with Gasteiger partial charge >= 0.3 is 5.97 Å². The molecule has 0 amide bonds. The third-order valence-electron chi connectivity index (χ3n) is 3.36. The molecule has 0 radical (unpaired) electrons. The molecule has 1 unspecified atom stereocenters. The van der Waals surface area contributed by atoms with E-state index in [1.807, 2.05) is 37.3 Å². The van der Waals surface area contributed by atoms with Crippen LogP contribution in [0, 0.1) is 11.8 Å². The van der Waals surface area contributed by atoms with Gasteiger partial charge in [-0.2, -0.15) is 0 Å². The maximum Gasteiger partial charge on any atom is 0.359 e. The minimum absolute atomic E-state index is 0.00309. The Morgan fingerprint density at radius 1 is 1.33 bits per heavy atom. The fourth-order valence-electron chi connectivity index (χ4n) is 2.22. The molecule has 0 N–H and O–H groups in total. The Bertz CT molecular complexity index is 804. The quantitative estimate of drug-likeness (QED) is 0.592. The molecule has 24 heavy (non-hydrogen) atoms. The third kappa shape index (κ3) is 4.00. The Hall–Kier alpha value is -2.22. The standard InChI is InChI=1S/C18H16Cl2N2O2/c1-4-5-9-12(2)24-17(23)15-16(19)21-18(20)22(15)13(3)14-10-7-6-8-11-14/h4,6-8,10-13H,1H2,2-3H3/t12?,13-/m1/s1. The van der Waals surface area contributed by atoms with E-state index >= 15 is 0 Å². The first kappa shape index (κ1) is 18.1. The molecule has 1 aromatic heterocycles. The van der Waals surface area contributed by atoms with Crippen molar-refractivity contribution >= 4 is 29.2 Å². The van der Waals surface area contributed by atoms with Crippen LogP contribution in [-0.4, -0.2) is 21.6 Å². The summed E-state index contributed by atoms with van der Waals surface area (Å²) in [6.45, 7) is 7.05. The number of esters is 1. The molecular weight excluding hydrogens is 347 g/mol. The molecule has 2 rings (SSSR count). The molecule has 0 spiro atoms. The van der Waals surface area contributed by atoms with Crippen molar-refractivity contribution in [3.63, 3.8) is 0 Å². The van der Waals surface area contributed by atoms with Crippen LogP contribution in [-0.2, 0) is 4.74 Å². The first-order chi connectivity index (χ1) is 11.5. The topological polar surface area (TPSA) is 44.1 Å². The van der Waals surface area contributed by atoms with Crippen molar-refractivity contribution in [3.05, 3.63) is 64.7 Å². The van der Waals surface area contributed by atoms with E-state index in [9.17, 15) is 4.79 Å². The summed E-state index contributed by atoms with van der Waals surface area (Å²) in [5, 5.41) is 0.116. The lowest BCUT2D eigenvalue weighted by molar-refractivity contribution is 0.0425. The molecule has 1 heterocycles. The summed E-state index contributed by atoms with van der Waals surface area (Å²) in [5.74, 6) is 4.73. The second kappa shape index (κ2) is 8.05. The van der Waals surface area contributed by atoms with E-state index in [0.29, 0.717) is 0 Å². The molecule has 0 saturated carbocycles. The molecule has 0 aliphatic heterocycles. The van der Waals surface area contributed by atoms with E-state index < -0.39 is 12.1 Å². The molecule has 4 nitrogen and oxygen atoms in total. The van der Waals surface area contributed by atoms with Gasteiger partial charge in [0.1, 0.15) is 0 Å². The number of carbonyl (C=O) groups is 1. The van der Waals surface area contributed by atoms with Crippen molar-refractivity contribution in [3.8, 4) is 11.8 Å². The highest BCUT2D eigenvalue weighted by atomic mass is 35.5. The van der Waals surface area contributed by atoms with Gasteiger partial charge < -0.3 is 9.30 Å². The highest BCUT2D eigenvalue weighted by Crippen LogP contribution is 2.29. The monoisotopic (exact) mass is 362 g/mol. The number of halogens is 2. The Morgan fingerprint density at radius 2 is 2.00 bits per heavy atom. The Kier molecular flexibility index (Phi) is 6.08. The molecule has 1 aromatic carbocycles. The molecule has 124 valence electrons. The number of allylic oxidation sites excluding steroid dienone is 1. The van der Waals surface area contributed by atoms with Crippen molar-refractivity contribution < 1.29 is 9.53 Å². The Morgan fingerprint density at radius 3 is 2.62 bits per heavy atom. The highest BCUT2D eigenvalue weighted by molar-refractivity contribution is 6.34. The van der Waals surface area contributed by atoms with Crippen LogP contribution < -0.4 is 0 Å². The zero-order chi connectivity index (χ0) is 17.7. The SMILES string of the molecule is C=CC#CC(C)OC(=O)c1c(Cl)nc(Cl)n1[C@H](C)c1ccccc1. The summed E-state index contributed by atoms with van der Waals surface area (Å²) in [6, 6.07) is 9.35. The van der Waals surface area contributed by atoms with Crippen LogP contribution in [0.3, 0.4) is 0 Å². The second-order valence-corrected chi connectivity index (χ2v) is 5.71. The first-order valence-corrected chi connectivity index (χ1v) is 8.02. The number of imidazole rings is 1. The Balaban J connectivity index is 2.37. The number of rotatable bonds is 4. The molecule has 2 aromatic rings. The van der Waals surface area contributed by atoms with E-state index in [4.69, 9.17) is 27.9 Å². The number of carbonyl (C=O) groups excluding carboxylic acids is 1. The fourth-order valence-corrected chi connectivity index (χ4v) is 2.83. The smallest absolute Gasteiger partial charge is 0.359 e. The summed E-state index contributed by atoms with van der Waals surface area (Å²) in [6.07, 6.45) is 0.816. The van der Waals surface area contributed by atoms with Gasteiger partial charge in [-0.25, -0.2) is 9.78 Å². The van der Waals surface area contributed by atoms with Crippen LogP contribution in [0.4, 0.5) is 0 Å². The normalized spacial score (nSPS) is 12.7. The molecule has 6 heteroatoms. The summed E-state index contributed by atoms with van der Waals surface area (Å²) >= 11 is 12.3. The van der Waals surface area contributed by atoms with Crippen LogP contribution in [0.15, 0.2) is 43.0 Å². The van der Waals surface area contributed by atoms with E-state index in [1.54, 1.807) is 11.5 Å². The number of aromatic nitrogens is 2. The van der Waals surface area contributed by atoms with Crippen molar-refractivity contribution in [2.45, 2.75) is 26.0 Å². The lowest BCUT2D eigenvalue weighted by Gasteiger charge is -2.18. The molecule has 0 aliphatic rings. The van der Waals surface area contributed by atoms with Crippen molar-refractivity contribution in [1.82, 2.24) is 9.55 Å². The van der Waals surface area contributed by atoms with E-state index in [-0.39, 0.29) is 22.2 Å². The minimum atomic E-state index is -0.631. The van der Waals surface area contributed by atoms with Gasteiger partial charge in [-0.1, -0.05) is 60.4 Å².